The number of hydrogen-bond donors (Lipinski definition) is 2. The molecule has 6 nitrogen and oxygen atoms in total. The molecule has 7 heteroatoms. The van der Waals surface area contributed by atoms with E-state index in [1.165, 1.54) is 12.1 Å². The highest BCUT2D eigenvalue weighted by atomic mass is 19.1. The molecule has 0 radical (unpaired) electrons. The van der Waals surface area contributed by atoms with Crippen molar-refractivity contribution in [3.63, 3.8) is 0 Å². The van der Waals surface area contributed by atoms with Gasteiger partial charge in [-0.05, 0) is 35.9 Å². The zero-order chi connectivity index (χ0) is 18.6. The number of anilines is 1. The lowest BCUT2D eigenvalue weighted by atomic mass is 9.94. The van der Waals surface area contributed by atoms with Gasteiger partial charge in [0.15, 0.2) is 0 Å². The number of nitrogens with zero attached hydrogens (tertiary/aromatic N) is 4. The Morgan fingerprint density at radius 1 is 1.07 bits per heavy atom. The smallest absolute Gasteiger partial charge is 0.225 e. The van der Waals surface area contributed by atoms with Crippen molar-refractivity contribution < 1.29 is 4.39 Å². The topological polar surface area (TPSA) is 66.0 Å². The Balaban J connectivity index is 1.50. The lowest BCUT2D eigenvalue weighted by molar-refractivity contribution is 0.473. The summed E-state index contributed by atoms with van der Waals surface area (Å²) in [7, 11) is 1.99. The second kappa shape index (κ2) is 7.77. The van der Waals surface area contributed by atoms with Crippen molar-refractivity contribution in [3.05, 3.63) is 72.4 Å². The quantitative estimate of drug-likeness (QED) is 0.725. The normalized spacial score (nSPS) is 19.2. The molecule has 2 unspecified atom stereocenters. The fraction of sp³-hybridized carbons (Fsp3) is 0.250. The highest BCUT2D eigenvalue weighted by Crippen LogP contribution is 2.27. The van der Waals surface area contributed by atoms with Crippen molar-refractivity contribution in [2.75, 3.05) is 25.0 Å². The van der Waals surface area contributed by atoms with Crippen molar-refractivity contribution in [1.29, 1.82) is 0 Å². The van der Waals surface area contributed by atoms with Crippen molar-refractivity contribution in [3.8, 4) is 11.3 Å². The highest BCUT2D eigenvalue weighted by Gasteiger charge is 2.29. The summed E-state index contributed by atoms with van der Waals surface area (Å²) in [6, 6.07) is 12.5. The number of aromatic nitrogens is 3. The van der Waals surface area contributed by atoms with Crippen LogP contribution in [0.2, 0.25) is 0 Å². The molecule has 1 aliphatic rings. The molecule has 1 fully saturated rings. The highest BCUT2D eigenvalue weighted by molar-refractivity contribution is 5.59. The van der Waals surface area contributed by atoms with Crippen LogP contribution in [-0.2, 0) is 0 Å². The minimum absolute atomic E-state index is 0.108. The molecule has 0 bridgehead atoms. The van der Waals surface area contributed by atoms with Crippen molar-refractivity contribution in [1.82, 2.24) is 25.8 Å². The molecular weight excluding hydrogens is 343 g/mol. The molecule has 1 aliphatic heterocycles. The number of hydrogen-bond acceptors (Lipinski definition) is 6. The van der Waals surface area contributed by atoms with Crippen molar-refractivity contribution >= 4 is 5.95 Å². The lowest BCUT2D eigenvalue weighted by Gasteiger charge is -2.25. The molecule has 2 aromatic heterocycles. The summed E-state index contributed by atoms with van der Waals surface area (Å²) in [6.45, 7) is 1.58. The van der Waals surface area contributed by atoms with E-state index in [2.05, 4.69) is 25.7 Å². The van der Waals surface area contributed by atoms with Crippen LogP contribution >= 0.6 is 0 Å². The Morgan fingerprint density at radius 3 is 2.63 bits per heavy atom. The molecule has 3 heterocycles. The average Bonchev–Trinajstić information content (AvgIpc) is 3.17. The Labute approximate surface area is 157 Å². The SMILES string of the molecule is CN(CC1CNNC1c1ccc(F)cc1)c1nccc(-c2ccncc2)n1. The fourth-order valence-corrected chi connectivity index (χ4v) is 3.38. The number of nitrogens with one attached hydrogen (secondary N) is 2. The van der Waals surface area contributed by atoms with Gasteiger partial charge in [-0.15, -0.1) is 0 Å². The van der Waals surface area contributed by atoms with Crippen LogP contribution in [0.5, 0.6) is 0 Å². The molecule has 0 saturated carbocycles. The minimum Gasteiger partial charge on any atom is -0.343 e. The maximum atomic E-state index is 13.2. The maximum absolute atomic E-state index is 13.2. The van der Waals surface area contributed by atoms with Gasteiger partial charge in [-0.3, -0.25) is 10.4 Å². The largest absolute Gasteiger partial charge is 0.343 e. The third kappa shape index (κ3) is 3.94. The first kappa shape index (κ1) is 17.5. The summed E-state index contributed by atoms with van der Waals surface area (Å²) >= 11 is 0. The third-order valence-corrected chi connectivity index (χ3v) is 4.79. The average molecular weight is 364 g/mol. The summed E-state index contributed by atoms with van der Waals surface area (Å²) in [6.07, 6.45) is 5.28. The first-order chi connectivity index (χ1) is 13.2. The number of benzene rings is 1. The van der Waals surface area contributed by atoms with Crippen molar-refractivity contribution in [2.24, 2.45) is 5.92 Å². The van der Waals surface area contributed by atoms with Gasteiger partial charge in [0.25, 0.3) is 0 Å². The van der Waals surface area contributed by atoms with E-state index in [1.54, 1.807) is 18.6 Å². The molecule has 0 spiro atoms. The van der Waals surface area contributed by atoms with Crippen LogP contribution in [0.3, 0.4) is 0 Å². The molecule has 0 aliphatic carbocycles. The zero-order valence-corrected chi connectivity index (χ0v) is 15.0. The molecule has 27 heavy (non-hydrogen) atoms. The maximum Gasteiger partial charge on any atom is 0.225 e. The van der Waals surface area contributed by atoms with E-state index in [-0.39, 0.29) is 11.9 Å². The van der Waals surface area contributed by atoms with Gasteiger partial charge in [-0.25, -0.2) is 19.8 Å². The number of pyridine rings is 1. The van der Waals surface area contributed by atoms with Gasteiger partial charge < -0.3 is 4.90 Å². The van der Waals surface area contributed by atoms with E-state index in [4.69, 9.17) is 4.98 Å². The predicted octanol–water partition coefficient (Wildman–Crippen LogP) is 2.58. The summed E-state index contributed by atoms with van der Waals surface area (Å²) in [4.78, 5) is 15.2. The molecule has 4 rings (SSSR count). The van der Waals surface area contributed by atoms with Crippen LogP contribution in [0.15, 0.2) is 61.1 Å². The van der Waals surface area contributed by atoms with E-state index in [9.17, 15) is 4.39 Å². The number of hydrazine groups is 1. The third-order valence-electron chi connectivity index (χ3n) is 4.79. The Morgan fingerprint density at radius 2 is 1.85 bits per heavy atom. The summed E-state index contributed by atoms with van der Waals surface area (Å²) in [5.41, 5.74) is 9.44. The molecule has 138 valence electrons. The van der Waals surface area contributed by atoms with E-state index in [1.807, 2.05) is 37.4 Å². The standard InChI is InChI=1S/C20H21FN6/c1-27(20-23-11-8-18(25-20)14-6-9-22-10-7-14)13-16-12-24-26-19(16)15-2-4-17(21)5-3-15/h2-11,16,19,24,26H,12-13H2,1H3. The lowest BCUT2D eigenvalue weighted by Crippen LogP contribution is -2.31. The van der Waals surface area contributed by atoms with Crippen LogP contribution < -0.4 is 15.8 Å². The molecule has 3 aromatic rings. The summed E-state index contributed by atoms with van der Waals surface area (Å²) < 4.78 is 13.2. The zero-order valence-electron chi connectivity index (χ0n) is 15.0. The van der Waals surface area contributed by atoms with Gasteiger partial charge in [0.1, 0.15) is 5.82 Å². The Hall–Kier alpha value is -2.90. The molecule has 2 atom stereocenters. The van der Waals surface area contributed by atoms with Crippen molar-refractivity contribution in [2.45, 2.75) is 6.04 Å². The van der Waals surface area contributed by atoms with Gasteiger partial charge >= 0.3 is 0 Å². The van der Waals surface area contributed by atoms with E-state index in [0.717, 1.165) is 29.9 Å². The minimum atomic E-state index is -0.222. The number of rotatable bonds is 5. The molecular formula is C20H21FN6. The first-order valence-electron chi connectivity index (χ1n) is 8.89. The summed E-state index contributed by atoms with van der Waals surface area (Å²) in [5, 5.41) is 0. The predicted molar refractivity (Wildman–Crippen MR) is 102 cm³/mol. The van der Waals surface area contributed by atoms with Crippen LogP contribution in [0.1, 0.15) is 11.6 Å². The molecule has 1 saturated heterocycles. The van der Waals surface area contributed by atoms with Gasteiger partial charge in [-0.1, -0.05) is 12.1 Å². The van der Waals surface area contributed by atoms with Crippen LogP contribution in [0.4, 0.5) is 10.3 Å². The molecule has 2 N–H and O–H groups in total. The monoisotopic (exact) mass is 364 g/mol. The van der Waals surface area contributed by atoms with E-state index >= 15 is 0 Å². The van der Waals surface area contributed by atoms with Gasteiger partial charge in [0.2, 0.25) is 5.95 Å². The van der Waals surface area contributed by atoms with Gasteiger partial charge in [0.05, 0.1) is 11.7 Å². The van der Waals surface area contributed by atoms with E-state index in [0.29, 0.717) is 11.9 Å². The van der Waals surface area contributed by atoms with Gasteiger partial charge in [-0.2, -0.15) is 0 Å². The Kier molecular flexibility index (Phi) is 5.04. The van der Waals surface area contributed by atoms with Crippen LogP contribution in [0.25, 0.3) is 11.3 Å². The second-order valence-corrected chi connectivity index (χ2v) is 6.67. The van der Waals surface area contributed by atoms with Crippen LogP contribution in [0, 0.1) is 11.7 Å². The van der Waals surface area contributed by atoms with Crippen LogP contribution in [-0.4, -0.2) is 35.1 Å². The molecule has 1 aromatic carbocycles. The Bertz CT molecular complexity index is 886. The van der Waals surface area contributed by atoms with E-state index < -0.39 is 0 Å². The van der Waals surface area contributed by atoms with Gasteiger partial charge in [0, 0.05) is 50.2 Å². The number of halogens is 1. The molecule has 0 amide bonds. The second-order valence-electron chi connectivity index (χ2n) is 6.67. The fourth-order valence-electron chi connectivity index (χ4n) is 3.38. The first-order valence-corrected chi connectivity index (χ1v) is 8.89. The summed E-state index contributed by atoms with van der Waals surface area (Å²) in [5.74, 6) is 0.752.